The molecule has 0 aliphatic heterocycles. The Morgan fingerprint density at radius 1 is 1.50 bits per heavy atom. The molecule has 1 heterocycles. The Morgan fingerprint density at radius 3 is 2.86 bits per heavy atom. The van der Waals surface area contributed by atoms with Crippen molar-refractivity contribution in [3.8, 4) is 0 Å². The number of aromatic nitrogens is 2. The Hall–Kier alpha value is -0.580. The number of nitrogens with one attached hydrogen (secondary N) is 1. The summed E-state index contributed by atoms with van der Waals surface area (Å²) < 4.78 is 0. The maximum Gasteiger partial charge on any atom is 0.224 e. The summed E-state index contributed by atoms with van der Waals surface area (Å²) in [6, 6.07) is 0. The number of nitrogens with two attached hydrogens (primary N) is 1. The number of rotatable bonds is 3. The third-order valence-corrected chi connectivity index (χ3v) is 2.67. The van der Waals surface area contributed by atoms with Gasteiger partial charge in [0.2, 0.25) is 5.28 Å². The molecule has 0 bridgehead atoms. The van der Waals surface area contributed by atoms with Crippen LogP contribution in [0, 0.1) is 0 Å². The summed E-state index contributed by atoms with van der Waals surface area (Å²) in [6.07, 6.45) is 3.54. The van der Waals surface area contributed by atoms with E-state index in [4.69, 9.17) is 28.9 Å². The van der Waals surface area contributed by atoms with E-state index in [9.17, 15) is 0 Å². The first kappa shape index (κ1) is 9.96. The molecule has 0 spiro atoms. The van der Waals surface area contributed by atoms with Crippen molar-refractivity contribution < 1.29 is 0 Å². The summed E-state index contributed by atoms with van der Waals surface area (Å²) in [5, 5.41) is 3.70. The summed E-state index contributed by atoms with van der Waals surface area (Å²) in [5.74, 6) is 0.545. The molecule has 0 aromatic carbocycles. The molecule has 0 amide bonds. The van der Waals surface area contributed by atoms with Crippen molar-refractivity contribution in [3.05, 3.63) is 16.5 Å². The van der Waals surface area contributed by atoms with Crippen molar-refractivity contribution in [2.75, 3.05) is 11.9 Å². The van der Waals surface area contributed by atoms with Gasteiger partial charge in [0.15, 0.2) is 0 Å². The number of halogens is 2. The average molecular weight is 233 g/mol. The van der Waals surface area contributed by atoms with Crippen molar-refractivity contribution in [2.24, 2.45) is 5.73 Å². The second-order valence-corrected chi connectivity index (χ2v) is 4.30. The van der Waals surface area contributed by atoms with E-state index >= 15 is 0 Å². The molecule has 14 heavy (non-hydrogen) atoms. The first-order valence-electron chi connectivity index (χ1n) is 4.30. The van der Waals surface area contributed by atoms with Crippen LogP contribution in [0.2, 0.25) is 10.3 Å². The lowest BCUT2D eigenvalue weighted by Crippen LogP contribution is -2.31. The molecule has 3 N–H and O–H groups in total. The third kappa shape index (κ3) is 2.26. The van der Waals surface area contributed by atoms with Crippen LogP contribution in [0.25, 0.3) is 0 Å². The quantitative estimate of drug-likeness (QED) is 0.779. The fraction of sp³-hybridized carbons (Fsp3) is 0.500. The van der Waals surface area contributed by atoms with Crippen molar-refractivity contribution in [3.63, 3.8) is 0 Å². The van der Waals surface area contributed by atoms with Crippen LogP contribution in [0.5, 0.6) is 0 Å². The molecule has 2 rings (SSSR count). The molecule has 4 nitrogen and oxygen atoms in total. The zero-order valence-corrected chi connectivity index (χ0v) is 8.94. The zero-order chi connectivity index (χ0) is 10.2. The van der Waals surface area contributed by atoms with Crippen molar-refractivity contribution in [1.29, 1.82) is 0 Å². The highest BCUT2D eigenvalue weighted by molar-refractivity contribution is 6.33. The second-order valence-electron chi connectivity index (χ2n) is 3.55. The van der Waals surface area contributed by atoms with Gasteiger partial charge in [-0.1, -0.05) is 11.6 Å². The maximum atomic E-state index is 5.90. The fourth-order valence-corrected chi connectivity index (χ4v) is 1.36. The number of anilines is 1. The van der Waals surface area contributed by atoms with Crippen LogP contribution in [-0.2, 0) is 0 Å². The van der Waals surface area contributed by atoms with Gasteiger partial charge in [-0.05, 0) is 24.4 Å². The van der Waals surface area contributed by atoms with Crippen molar-refractivity contribution in [1.82, 2.24) is 9.97 Å². The lowest BCUT2D eigenvalue weighted by atomic mass is 10.3. The van der Waals surface area contributed by atoms with Gasteiger partial charge in [0.1, 0.15) is 10.8 Å². The van der Waals surface area contributed by atoms with Crippen molar-refractivity contribution >= 4 is 29.0 Å². The van der Waals surface area contributed by atoms with E-state index in [2.05, 4.69) is 15.3 Å². The summed E-state index contributed by atoms with van der Waals surface area (Å²) in [6.45, 7) is 0.667. The molecular formula is C8H10Cl2N4. The van der Waals surface area contributed by atoms with E-state index in [1.807, 2.05) is 0 Å². The topological polar surface area (TPSA) is 63.8 Å². The third-order valence-electron chi connectivity index (χ3n) is 2.21. The van der Waals surface area contributed by atoms with Crippen LogP contribution < -0.4 is 11.1 Å². The van der Waals surface area contributed by atoms with E-state index < -0.39 is 0 Å². The summed E-state index contributed by atoms with van der Waals surface area (Å²) in [7, 11) is 0. The van der Waals surface area contributed by atoms with Gasteiger partial charge in [-0.2, -0.15) is 4.98 Å². The fourth-order valence-electron chi connectivity index (χ4n) is 1.07. The molecule has 0 saturated heterocycles. The van der Waals surface area contributed by atoms with Crippen LogP contribution in [0.4, 0.5) is 5.82 Å². The molecule has 76 valence electrons. The normalized spacial score (nSPS) is 17.9. The second kappa shape index (κ2) is 3.53. The molecule has 0 radical (unpaired) electrons. The van der Waals surface area contributed by atoms with Crippen LogP contribution in [0.3, 0.4) is 0 Å². The van der Waals surface area contributed by atoms with E-state index in [0.717, 1.165) is 12.8 Å². The predicted octanol–water partition coefficient (Wildman–Crippen LogP) is 1.69. The van der Waals surface area contributed by atoms with Crippen LogP contribution in [0.15, 0.2) is 6.20 Å². The molecule has 1 aliphatic carbocycles. The van der Waals surface area contributed by atoms with Crippen LogP contribution >= 0.6 is 23.2 Å². The number of hydrogen-bond donors (Lipinski definition) is 2. The lowest BCUT2D eigenvalue weighted by molar-refractivity contribution is 0.711. The molecule has 0 atom stereocenters. The minimum Gasteiger partial charge on any atom is -0.367 e. The van der Waals surface area contributed by atoms with Gasteiger partial charge in [-0.25, -0.2) is 4.98 Å². The maximum absolute atomic E-state index is 5.90. The highest BCUT2D eigenvalue weighted by atomic mass is 35.5. The standard InChI is InChI=1S/C8H10Cl2N4/c9-5-3-12-7(10)14-6(5)13-4-8(11)1-2-8/h3H,1-2,4,11H2,(H,12,13,14). The highest BCUT2D eigenvalue weighted by Crippen LogP contribution is 2.32. The number of hydrogen-bond acceptors (Lipinski definition) is 4. The SMILES string of the molecule is NC1(CNc2nc(Cl)ncc2Cl)CC1. The average Bonchev–Trinajstić information content (AvgIpc) is 2.87. The minimum atomic E-state index is -0.0826. The van der Waals surface area contributed by atoms with Gasteiger partial charge in [-0.15, -0.1) is 0 Å². The molecule has 1 aliphatic rings. The molecular weight excluding hydrogens is 223 g/mol. The summed E-state index contributed by atoms with van der Waals surface area (Å²) in [4.78, 5) is 7.71. The molecule has 6 heteroatoms. The molecule has 1 saturated carbocycles. The van der Waals surface area contributed by atoms with Gasteiger partial charge in [0, 0.05) is 12.1 Å². The molecule has 0 unspecified atom stereocenters. The van der Waals surface area contributed by atoms with Gasteiger partial charge in [0.05, 0.1) is 6.20 Å². The monoisotopic (exact) mass is 232 g/mol. The Morgan fingerprint density at radius 2 is 2.21 bits per heavy atom. The van der Waals surface area contributed by atoms with Gasteiger partial charge in [-0.3, -0.25) is 0 Å². The smallest absolute Gasteiger partial charge is 0.224 e. The summed E-state index contributed by atoms with van der Waals surface area (Å²) >= 11 is 11.5. The van der Waals surface area contributed by atoms with Gasteiger partial charge in [0.25, 0.3) is 0 Å². The molecule has 1 aromatic rings. The van der Waals surface area contributed by atoms with Crippen LogP contribution in [-0.4, -0.2) is 22.1 Å². The Balaban J connectivity index is 2.04. The predicted molar refractivity (Wildman–Crippen MR) is 56.7 cm³/mol. The zero-order valence-electron chi connectivity index (χ0n) is 7.43. The Labute approximate surface area is 91.8 Å². The van der Waals surface area contributed by atoms with E-state index in [-0.39, 0.29) is 10.8 Å². The Bertz CT molecular complexity index is 351. The first-order chi connectivity index (χ1) is 6.59. The Kier molecular flexibility index (Phi) is 2.51. The molecule has 1 fully saturated rings. The van der Waals surface area contributed by atoms with Gasteiger partial charge < -0.3 is 11.1 Å². The first-order valence-corrected chi connectivity index (χ1v) is 5.05. The van der Waals surface area contributed by atoms with Crippen LogP contribution in [0.1, 0.15) is 12.8 Å². The lowest BCUT2D eigenvalue weighted by Gasteiger charge is -2.11. The minimum absolute atomic E-state index is 0.0826. The number of nitrogens with zero attached hydrogens (tertiary/aromatic N) is 2. The largest absolute Gasteiger partial charge is 0.367 e. The van der Waals surface area contributed by atoms with E-state index in [1.165, 1.54) is 6.20 Å². The van der Waals surface area contributed by atoms with E-state index in [0.29, 0.717) is 17.4 Å². The highest BCUT2D eigenvalue weighted by Gasteiger charge is 2.37. The summed E-state index contributed by atoms with van der Waals surface area (Å²) in [5.41, 5.74) is 5.82. The van der Waals surface area contributed by atoms with Crippen molar-refractivity contribution in [2.45, 2.75) is 18.4 Å². The van der Waals surface area contributed by atoms with Gasteiger partial charge >= 0.3 is 0 Å². The van der Waals surface area contributed by atoms with E-state index in [1.54, 1.807) is 0 Å². The molecule has 1 aromatic heterocycles.